The monoisotopic (exact) mass is 274 g/mol. The molecule has 1 aromatic heterocycles. The van der Waals surface area contributed by atoms with E-state index in [1.54, 1.807) is 0 Å². The third kappa shape index (κ3) is 2.73. The highest BCUT2D eigenvalue weighted by atomic mass is 19.4. The van der Waals surface area contributed by atoms with E-state index in [9.17, 15) is 17.6 Å². The van der Waals surface area contributed by atoms with Gasteiger partial charge in [0, 0.05) is 12.1 Å². The van der Waals surface area contributed by atoms with Crippen LogP contribution in [-0.4, -0.2) is 15.0 Å². The zero-order valence-electron chi connectivity index (χ0n) is 9.65. The second kappa shape index (κ2) is 4.96. The highest BCUT2D eigenvalue weighted by Crippen LogP contribution is 2.31. The molecule has 0 unspecified atom stereocenters. The summed E-state index contributed by atoms with van der Waals surface area (Å²) in [5, 5.41) is 6.76. The fraction of sp³-hybridized carbons (Fsp3) is 0.273. The summed E-state index contributed by atoms with van der Waals surface area (Å²) in [6, 6.07) is 5.55. The Bertz CT molecular complexity index is 576. The van der Waals surface area contributed by atoms with Gasteiger partial charge in [0.1, 0.15) is 11.5 Å². The van der Waals surface area contributed by atoms with Gasteiger partial charge in [0.15, 0.2) is 5.69 Å². The Morgan fingerprint density at radius 3 is 2.47 bits per heavy atom. The summed E-state index contributed by atoms with van der Waals surface area (Å²) in [5.41, 5.74) is 3.89. The van der Waals surface area contributed by atoms with Crippen LogP contribution in [0.1, 0.15) is 17.0 Å². The molecule has 2 rings (SSSR count). The number of halogens is 4. The van der Waals surface area contributed by atoms with Crippen LogP contribution >= 0.6 is 0 Å². The number of aromatic nitrogens is 3. The lowest BCUT2D eigenvalue weighted by atomic mass is 10.2. The van der Waals surface area contributed by atoms with Gasteiger partial charge < -0.3 is 5.73 Å². The van der Waals surface area contributed by atoms with Crippen LogP contribution in [0.4, 0.5) is 17.6 Å². The molecular formula is C11H10F4N4. The van der Waals surface area contributed by atoms with E-state index >= 15 is 0 Å². The van der Waals surface area contributed by atoms with E-state index in [1.165, 1.54) is 24.3 Å². The lowest BCUT2D eigenvalue weighted by molar-refractivity contribution is -0.144. The minimum absolute atomic E-state index is 0.0986. The highest BCUT2D eigenvalue weighted by Gasteiger charge is 2.38. The summed E-state index contributed by atoms with van der Waals surface area (Å²) >= 11 is 0. The lowest BCUT2D eigenvalue weighted by Crippen LogP contribution is -2.18. The second-order valence-electron chi connectivity index (χ2n) is 3.84. The van der Waals surface area contributed by atoms with Gasteiger partial charge in [-0.15, -0.1) is 5.10 Å². The van der Waals surface area contributed by atoms with Crippen LogP contribution in [0.3, 0.4) is 0 Å². The van der Waals surface area contributed by atoms with Crippen molar-refractivity contribution in [3.8, 4) is 0 Å². The lowest BCUT2D eigenvalue weighted by Gasteiger charge is -2.11. The third-order valence-electron chi connectivity index (χ3n) is 2.54. The minimum atomic E-state index is -4.64. The Labute approximate surface area is 105 Å². The summed E-state index contributed by atoms with van der Waals surface area (Å²) in [7, 11) is 0. The SMILES string of the molecule is NCc1nnn(Cc2ccccc2F)c1C(F)(F)F. The summed E-state index contributed by atoms with van der Waals surface area (Å²) in [6.45, 7) is -0.735. The molecule has 1 aromatic carbocycles. The molecule has 0 fully saturated rings. The Hall–Kier alpha value is -1.96. The molecule has 1 heterocycles. The van der Waals surface area contributed by atoms with Gasteiger partial charge in [-0.1, -0.05) is 23.4 Å². The van der Waals surface area contributed by atoms with Crippen LogP contribution < -0.4 is 5.73 Å². The molecule has 2 N–H and O–H groups in total. The van der Waals surface area contributed by atoms with E-state index in [1.807, 2.05) is 0 Å². The third-order valence-corrected chi connectivity index (χ3v) is 2.54. The molecule has 0 aliphatic carbocycles. The van der Waals surface area contributed by atoms with Crippen LogP contribution in [0.5, 0.6) is 0 Å². The van der Waals surface area contributed by atoms with Crippen LogP contribution in [0.15, 0.2) is 24.3 Å². The number of nitrogens with zero attached hydrogens (tertiary/aromatic N) is 3. The van der Waals surface area contributed by atoms with Crippen molar-refractivity contribution in [1.29, 1.82) is 0 Å². The van der Waals surface area contributed by atoms with E-state index in [2.05, 4.69) is 10.3 Å². The fourth-order valence-corrected chi connectivity index (χ4v) is 1.70. The van der Waals surface area contributed by atoms with Crippen molar-refractivity contribution >= 4 is 0 Å². The number of hydrogen-bond acceptors (Lipinski definition) is 3. The van der Waals surface area contributed by atoms with Crippen molar-refractivity contribution in [3.63, 3.8) is 0 Å². The van der Waals surface area contributed by atoms with Gasteiger partial charge in [0.05, 0.1) is 6.54 Å². The molecule has 0 saturated heterocycles. The maximum absolute atomic E-state index is 13.4. The second-order valence-corrected chi connectivity index (χ2v) is 3.84. The Morgan fingerprint density at radius 1 is 1.21 bits per heavy atom. The molecule has 0 spiro atoms. The molecule has 102 valence electrons. The quantitative estimate of drug-likeness (QED) is 0.870. The molecule has 0 atom stereocenters. The van der Waals surface area contributed by atoms with Crippen molar-refractivity contribution < 1.29 is 17.6 Å². The molecule has 0 saturated carbocycles. The van der Waals surface area contributed by atoms with Crippen molar-refractivity contribution in [1.82, 2.24) is 15.0 Å². The van der Waals surface area contributed by atoms with Crippen LogP contribution in [0.2, 0.25) is 0 Å². The van der Waals surface area contributed by atoms with Gasteiger partial charge in [-0.2, -0.15) is 13.2 Å². The first-order valence-electron chi connectivity index (χ1n) is 5.36. The fourth-order valence-electron chi connectivity index (χ4n) is 1.70. The van der Waals surface area contributed by atoms with Gasteiger partial charge in [0.2, 0.25) is 0 Å². The van der Waals surface area contributed by atoms with Crippen LogP contribution in [0, 0.1) is 5.82 Å². The number of rotatable bonds is 3. The topological polar surface area (TPSA) is 56.7 Å². The van der Waals surface area contributed by atoms with Gasteiger partial charge in [0.25, 0.3) is 0 Å². The maximum atomic E-state index is 13.4. The Morgan fingerprint density at radius 2 is 1.89 bits per heavy atom. The Balaban J connectivity index is 2.42. The molecule has 8 heteroatoms. The first-order chi connectivity index (χ1) is 8.93. The van der Waals surface area contributed by atoms with Crippen molar-refractivity contribution in [2.75, 3.05) is 0 Å². The standard InChI is InChI=1S/C11H10F4N4/c12-8-4-2-1-3-7(8)6-19-10(11(13,14)15)9(5-16)17-18-19/h1-4H,5-6,16H2. The predicted octanol–water partition coefficient (Wildman–Crippen LogP) is 1.94. The van der Waals surface area contributed by atoms with Gasteiger partial charge in [-0.3, -0.25) is 0 Å². The molecular weight excluding hydrogens is 264 g/mol. The molecule has 0 bridgehead atoms. The van der Waals surface area contributed by atoms with Gasteiger partial charge in [-0.25, -0.2) is 9.07 Å². The van der Waals surface area contributed by atoms with E-state index in [0.29, 0.717) is 4.68 Å². The molecule has 0 radical (unpaired) electrons. The highest BCUT2D eigenvalue weighted by molar-refractivity contribution is 5.20. The molecule has 19 heavy (non-hydrogen) atoms. The molecule has 0 aliphatic heterocycles. The van der Waals surface area contributed by atoms with E-state index < -0.39 is 17.7 Å². The first-order valence-corrected chi connectivity index (χ1v) is 5.36. The average molecular weight is 274 g/mol. The average Bonchev–Trinajstić information content (AvgIpc) is 2.75. The molecule has 4 nitrogen and oxygen atoms in total. The molecule has 0 amide bonds. The maximum Gasteiger partial charge on any atom is 0.434 e. The van der Waals surface area contributed by atoms with E-state index in [0.717, 1.165) is 0 Å². The van der Waals surface area contributed by atoms with Gasteiger partial charge >= 0.3 is 6.18 Å². The summed E-state index contributed by atoms with van der Waals surface area (Å²) in [6.07, 6.45) is -4.64. The smallest absolute Gasteiger partial charge is 0.325 e. The van der Waals surface area contributed by atoms with Crippen LogP contribution in [0.25, 0.3) is 0 Å². The molecule has 2 aromatic rings. The number of hydrogen-bond donors (Lipinski definition) is 1. The van der Waals surface area contributed by atoms with Gasteiger partial charge in [-0.05, 0) is 6.07 Å². The van der Waals surface area contributed by atoms with Crippen molar-refractivity contribution in [3.05, 3.63) is 47.0 Å². The molecule has 0 aliphatic rings. The Kier molecular flexibility index (Phi) is 3.52. The number of nitrogens with two attached hydrogens (primary N) is 1. The van der Waals surface area contributed by atoms with E-state index in [-0.39, 0.29) is 24.3 Å². The summed E-state index contributed by atoms with van der Waals surface area (Å²) < 4.78 is 52.7. The summed E-state index contributed by atoms with van der Waals surface area (Å²) in [5.74, 6) is -0.597. The zero-order valence-corrected chi connectivity index (χ0v) is 9.65. The predicted molar refractivity (Wildman–Crippen MR) is 58.4 cm³/mol. The first kappa shape index (κ1) is 13.5. The van der Waals surface area contributed by atoms with E-state index in [4.69, 9.17) is 5.73 Å². The number of benzene rings is 1. The van der Waals surface area contributed by atoms with Crippen LogP contribution in [-0.2, 0) is 19.3 Å². The van der Waals surface area contributed by atoms with Crippen molar-refractivity contribution in [2.24, 2.45) is 5.73 Å². The largest absolute Gasteiger partial charge is 0.434 e. The van der Waals surface area contributed by atoms with Crippen molar-refractivity contribution in [2.45, 2.75) is 19.3 Å². The minimum Gasteiger partial charge on any atom is -0.325 e. The number of alkyl halides is 3. The normalized spacial score (nSPS) is 11.8. The zero-order chi connectivity index (χ0) is 14.0. The summed E-state index contributed by atoms with van der Waals surface area (Å²) in [4.78, 5) is 0.